The van der Waals surface area contributed by atoms with E-state index in [0.717, 1.165) is 5.25 Å². The Morgan fingerprint density at radius 3 is 2.67 bits per heavy atom. The Morgan fingerprint density at radius 1 is 1.27 bits per heavy atom. The first-order valence-electron chi connectivity index (χ1n) is 5.64. The minimum atomic E-state index is 0.819. The van der Waals surface area contributed by atoms with Crippen LogP contribution < -0.4 is 4.90 Å². The Balaban J connectivity index is 2.06. The molecule has 1 nitrogen and oxygen atoms in total. The normalized spacial score (nSPS) is 21.7. The van der Waals surface area contributed by atoms with Crippen molar-refractivity contribution in [1.82, 2.24) is 0 Å². The molecule has 1 aliphatic heterocycles. The summed E-state index contributed by atoms with van der Waals surface area (Å²) in [7, 11) is 0. The molecule has 0 bridgehead atoms. The number of rotatable bonds is 2. The standard InChI is InChI=1S/C13H19NS/c1-11-5-7-12(8-6-11)14-9-3-4-13(10-14)15-2/h5-8,13H,3-4,9-10H2,1-2H3. The fraction of sp³-hybridized carbons (Fsp3) is 0.538. The molecule has 1 atom stereocenters. The molecule has 1 aromatic rings. The van der Waals surface area contributed by atoms with Crippen molar-refractivity contribution in [1.29, 1.82) is 0 Å². The number of hydrogen-bond acceptors (Lipinski definition) is 2. The SMILES string of the molecule is CSC1CCCN(c2ccc(C)cc2)C1. The van der Waals surface area contributed by atoms with Crippen molar-refractivity contribution in [2.45, 2.75) is 25.0 Å². The summed E-state index contributed by atoms with van der Waals surface area (Å²) in [4.78, 5) is 2.52. The molecule has 0 aromatic heterocycles. The van der Waals surface area contributed by atoms with Crippen LogP contribution in [0.3, 0.4) is 0 Å². The smallest absolute Gasteiger partial charge is 0.0366 e. The quantitative estimate of drug-likeness (QED) is 0.753. The van der Waals surface area contributed by atoms with E-state index in [1.54, 1.807) is 0 Å². The Morgan fingerprint density at radius 2 is 2.00 bits per heavy atom. The first kappa shape index (κ1) is 10.9. The van der Waals surface area contributed by atoms with E-state index >= 15 is 0 Å². The molecule has 2 rings (SSSR count). The number of aryl methyl sites for hydroxylation is 1. The van der Waals surface area contributed by atoms with E-state index in [-0.39, 0.29) is 0 Å². The second-order valence-electron chi connectivity index (χ2n) is 4.28. The van der Waals surface area contributed by atoms with Gasteiger partial charge in [-0.3, -0.25) is 0 Å². The Hall–Kier alpha value is -0.630. The van der Waals surface area contributed by atoms with Crippen LogP contribution in [0.1, 0.15) is 18.4 Å². The molecule has 0 saturated carbocycles. The van der Waals surface area contributed by atoms with Gasteiger partial charge in [-0.05, 0) is 38.2 Å². The van der Waals surface area contributed by atoms with Crippen molar-refractivity contribution in [3.8, 4) is 0 Å². The monoisotopic (exact) mass is 221 g/mol. The van der Waals surface area contributed by atoms with E-state index in [1.165, 1.54) is 37.2 Å². The van der Waals surface area contributed by atoms with Gasteiger partial charge >= 0.3 is 0 Å². The maximum absolute atomic E-state index is 2.52. The van der Waals surface area contributed by atoms with Crippen molar-refractivity contribution in [2.24, 2.45) is 0 Å². The van der Waals surface area contributed by atoms with Crippen molar-refractivity contribution in [3.05, 3.63) is 29.8 Å². The molecular formula is C13H19NS. The lowest BCUT2D eigenvalue weighted by Gasteiger charge is -2.33. The summed E-state index contributed by atoms with van der Waals surface area (Å²) < 4.78 is 0. The summed E-state index contributed by atoms with van der Waals surface area (Å²) in [6, 6.07) is 8.91. The molecule has 2 heteroatoms. The van der Waals surface area contributed by atoms with Gasteiger partial charge in [-0.15, -0.1) is 0 Å². The summed E-state index contributed by atoms with van der Waals surface area (Å²) in [5.41, 5.74) is 2.73. The summed E-state index contributed by atoms with van der Waals surface area (Å²) in [5, 5.41) is 0.819. The van der Waals surface area contributed by atoms with Crippen LogP contribution in [0.15, 0.2) is 24.3 Å². The van der Waals surface area contributed by atoms with Crippen LogP contribution in [-0.4, -0.2) is 24.6 Å². The number of benzene rings is 1. The predicted octanol–water partition coefficient (Wildman–Crippen LogP) is 3.33. The van der Waals surface area contributed by atoms with E-state index in [4.69, 9.17) is 0 Å². The molecule has 0 N–H and O–H groups in total. The number of nitrogens with zero attached hydrogens (tertiary/aromatic N) is 1. The zero-order chi connectivity index (χ0) is 10.7. The Bertz CT molecular complexity index is 307. The number of piperidine rings is 1. The highest BCUT2D eigenvalue weighted by molar-refractivity contribution is 7.99. The fourth-order valence-electron chi connectivity index (χ4n) is 2.12. The number of thioether (sulfide) groups is 1. The molecule has 0 amide bonds. The molecule has 15 heavy (non-hydrogen) atoms. The molecule has 1 saturated heterocycles. The second kappa shape index (κ2) is 4.93. The van der Waals surface area contributed by atoms with Crippen LogP contribution in [0.2, 0.25) is 0 Å². The van der Waals surface area contributed by atoms with Gasteiger partial charge in [-0.2, -0.15) is 11.8 Å². The lowest BCUT2D eigenvalue weighted by atomic mass is 10.1. The largest absolute Gasteiger partial charge is 0.370 e. The summed E-state index contributed by atoms with van der Waals surface area (Å²) in [6.45, 7) is 4.58. The van der Waals surface area contributed by atoms with E-state index in [9.17, 15) is 0 Å². The highest BCUT2D eigenvalue weighted by atomic mass is 32.2. The van der Waals surface area contributed by atoms with Crippen LogP contribution in [0.5, 0.6) is 0 Å². The van der Waals surface area contributed by atoms with Gasteiger partial charge in [0, 0.05) is 24.0 Å². The average molecular weight is 221 g/mol. The molecular weight excluding hydrogens is 202 g/mol. The van der Waals surface area contributed by atoms with Gasteiger partial charge in [0.05, 0.1) is 0 Å². The molecule has 0 aliphatic carbocycles. The van der Waals surface area contributed by atoms with Gasteiger partial charge in [0.25, 0.3) is 0 Å². The number of hydrogen-bond donors (Lipinski definition) is 0. The van der Waals surface area contributed by atoms with Crippen LogP contribution in [0.25, 0.3) is 0 Å². The lowest BCUT2D eigenvalue weighted by molar-refractivity contribution is 0.590. The van der Waals surface area contributed by atoms with Crippen LogP contribution in [-0.2, 0) is 0 Å². The van der Waals surface area contributed by atoms with Crippen molar-refractivity contribution < 1.29 is 0 Å². The highest BCUT2D eigenvalue weighted by Gasteiger charge is 2.18. The van der Waals surface area contributed by atoms with E-state index in [2.05, 4.69) is 42.3 Å². The molecule has 1 unspecified atom stereocenters. The van der Waals surface area contributed by atoms with Gasteiger partial charge < -0.3 is 4.90 Å². The Kier molecular flexibility index (Phi) is 3.57. The predicted molar refractivity (Wildman–Crippen MR) is 69.9 cm³/mol. The average Bonchev–Trinajstić information content (AvgIpc) is 2.30. The van der Waals surface area contributed by atoms with Gasteiger partial charge in [0.2, 0.25) is 0 Å². The minimum absolute atomic E-state index is 0.819. The third kappa shape index (κ3) is 2.69. The van der Waals surface area contributed by atoms with Crippen molar-refractivity contribution in [2.75, 3.05) is 24.2 Å². The van der Waals surface area contributed by atoms with Crippen molar-refractivity contribution >= 4 is 17.4 Å². The first-order chi connectivity index (χ1) is 7.29. The minimum Gasteiger partial charge on any atom is -0.370 e. The summed E-state index contributed by atoms with van der Waals surface area (Å²) >= 11 is 2.01. The zero-order valence-corrected chi connectivity index (χ0v) is 10.4. The zero-order valence-electron chi connectivity index (χ0n) is 9.57. The van der Waals surface area contributed by atoms with Gasteiger partial charge in [0.1, 0.15) is 0 Å². The lowest BCUT2D eigenvalue weighted by Crippen LogP contribution is -2.36. The molecule has 82 valence electrons. The topological polar surface area (TPSA) is 3.24 Å². The number of anilines is 1. The first-order valence-corrected chi connectivity index (χ1v) is 6.93. The molecule has 1 aromatic carbocycles. The summed E-state index contributed by atoms with van der Waals surface area (Å²) in [5.74, 6) is 0. The van der Waals surface area contributed by atoms with Crippen LogP contribution >= 0.6 is 11.8 Å². The molecule has 0 radical (unpaired) electrons. The maximum atomic E-state index is 2.52. The van der Waals surface area contributed by atoms with Gasteiger partial charge in [-0.25, -0.2) is 0 Å². The molecule has 0 spiro atoms. The fourth-order valence-corrected chi connectivity index (χ4v) is 2.85. The van der Waals surface area contributed by atoms with E-state index < -0.39 is 0 Å². The summed E-state index contributed by atoms with van der Waals surface area (Å²) in [6.07, 6.45) is 4.94. The third-order valence-corrected chi connectivity index (χ3v) is 4.16. The Labute approximate surface area is 96.9 Å². The molecule has 1 fully saturated rings. The van der Waals surface area contributed by atoms with Crippen molar-refractivity contribution in [3.63, 3.8) is 0 Å². The van der Waals surface area contributed by atoms with Gasteiger partial charge in [-0.1, -0.05) is 17.7 Å². The van der Waals surface area contributed by atoms with Crippen LogP contribution in [0, 0.1) is 6.92 Å². The molecule has 1 aliphatic rings. The van der Waals surface area contributed by atoms with Crippen LogP contribution in [0.4, 0.5) is 5.69 Å². The highest BCUT2D eigenvalue weighted by Crippen LogP contribution is 2.25. The second-order valence-corrected chi connectivity index (χ2v) is 5.42. The van der Waals surface area contributed by atoms with Gasteiger partial charge in [0.15, 0.2) is 0 Å². The third-order valence-electron chi connectivity index (χ3n) is 3.11. The van der Waals surface area contributed by atoms with E-state index in [0.29, 0.717) is 0 Å². The van der Waals surface area contributed by atoms with E-state index in [1.807, 2.05) is 11.8 Å². The maximum Gasteiger partial charge on any atom is 0.0366 e. The molecule has 1 heterocycles.